The lowest BCUT2D eigenvalue weighted by Gasteiger charge is -2.29. The molecule has 0 saturated carbocycles. The first-order valence-electron chi connectivity index (χ1n) is 9.58. The molecule has 0 bridgehead atoms. The number of aliphatic hydroxyl groups excluding tert-OH is 1. The minimum atomic E-state index is -0.418. The van der Waals surface area contributed by atoms with Crippen LogP contribution in [0.15, 0.2) is 33.9 Å². The third-order valence-electron chi connectivity index (χ3n) is 5.23. The Morgan fingerprint density at radius 1 is 1.21 bits per heavy atom. The van der Waals surface area contributed by atoms with Gasteiger partial charge in [0.1, 0.15) is 10.6 Å². The highest BCUT2D eigenvalue weighted by atomic mass is 32.1. The Morgan fingerprint density at radius 2 is 1.93 bits per heavy atom. The predicted molar refractivity (Wildman–Crippen MR) is 110 cm³/mol. The van der Waals surface area contributed by atoms with Gasteiger partial charge in [-0.05, 0) is 43.5 Å². The summed E-state index contributed by atoms with van der Waals surface area (Å²) in [7, 11) is 0. The van der Waals surface area contributed by atoms with Crippen LogP contribution in [0.3, 0.4) is 0 Å². The Labute approximate surface area is 170 Å². The van der Waals surface area contributed by atoms with Gasteiger partial charge in [-0.1, -0.05) is 12.1 Å². The second kappa shape index (κ2) is 7.51. The first-order chi connectivity index (χ1) is 13.8. The van der Waals surface area contributed by atoms with E-state index in [1.807, 2.05) is 13.8 Å². The second-order valence-corrected chi connectivity index (χ2v) is 9.02. The van der Waals surface area contributed by atoms with Crippen molar-refractivity contribution in [3.8, 4) is 0 Å². The van der Waals surface area contributed by atoms with E-state index >= 15 is 0 Å². The van der Waals surface area contributed by atoms with Crippen LogP contribution in [0.25, 0.3) is 10.2 Å². The third-order valence-corrected chi connectivity index (χ3v) is 6.46. The van der Waals surface area contributed by atoms with Crippen molar-refractivity contribution in [3.63, 3.8) is 0 Å². The standard InChI is InChI=1S/C21H23FN2O4S/c1-21(2)10-15-16(12-28-21)29-19-17(15)18(26)23(8-3-9-25)20(27)24(19)11-13-4-6-14(22)7-5-13/h4-7,25H,3,8-12H2,1-2H3. The van der Waals surface area contributed by atoms with Gasteiger partial charge in [-0.25, -0.2) is 9.18 Å². The maximum absolute atomic E-state index is 13.3. The molecule has 0 fully saturated rings. The number of fused-ring (bicyclic) bond motifs is 3. The van der Waals surface area contributed by atoms with Crippen molar-refractivity contribution in [2.75, 3.05) is 6.61 Å². The van der Waals surface area contributed by atoms with E-state index in [1.54, 1.807) is 16.7 Å². The molecule has 2 aromatic heterocycles. The molecule has 0 spiro atoms. The zero-order valence-corrected chi connectivity index (χ0v) is 17.2. The van der Waals surface area contributed by atoms with Crippen LogP contribution in [0.5, 0.6) is 0 Å². The highest BCUT2D eigenvalue weighted by Crippen LogP contribution is 2.37. The van der Waals surface area contributed by atoms with E-state index in [-0.39, 0.29) is 36.7 Å². The molecule has 0 unspecified atom stereocenters. The van der Waals surface area contributed by atoms with Crippen LogP contribution in [-0.2, 0) is 30.9 Å². The lowest BCUT2D eigenvalue weighted by atomic mass is 9.94. The van der Waals surface area contributed by atoms with E-state index in [4.69, 9.17) is 4.74 Å². The molecule has 8 heteroatoms. The Balaban J connectivity index is 1.95. The van der Waals surface area contributed by atoms with Gasteiger partial charge in [0.05, 0.1) is 24.1 Å². The van der Waals surface area contributed by atoms with E-state index in [0.29, 0.717) is 29.7 Å². The first kappa shape index (κ1) is 20.0. The SMILES string of the molecule is CC1(C)Cc2c(sc3c2c(=O)n(CCCO)c(=O)n3Cc2ccc(F)cc2)CO1. The summed E-state index contributed by atoms with van der Waals surface area (Å²) in [5, 5.41) is 9.76. The summed E-state index contributed by atoms with van der Waals surface area (Å²) in [5.74, 6) is -0.342. The van der Waals surface area contributed by atoms with E-state index in [0.717, 1.165) is 16.0 Å². The number of aromatic nitrogens is 2. The van der Waals surface area contributed by atoms with Gasteiger partial charge < -0.3 is 9.84 Å². The lowest BCUT2D eigenvalue weighted by molar-refractivity contribution is -0.0379. The summed E-state index contributed by atoms with van der Waals surface area (Å²) in [4.78, 5) is 28.0. The molecule has 1 N–H and O–H groups in total. The number of rotatable bonds is 5. The molecule has 1 aliphatic rings. The van der Waals surface area contributed by atoms with Gasteiger partial charge in [0.25, 0.3) is 5.56 Å². The van der Waals surface area contributed by atoms with Crippen molar-refractivity contribution >= 4 is 21.6 Å². The number of hydrogen-bond acceptors (Lipinski definition) is 5. The molecule has 154 valence electrons. The van der Waals surface area contributed by atoms with Crippen LogP contribution in [0.1, 0.15) is 36.3 Å². The lowest BCUT2D eigenvalue weighted by Crippen LogP contribution is -2.40. The number of benzene rings is 1. The molecule has 29 heavy (non-hydrogen) atoms. The van der Waals surface area contributed by atoms with Gasteiger partial charge in [0.15, 0.2) is 0 Å². The molecule has 0 saturated heterocycles. The van der Waals surface area contributed by atoms with Crippen molar-refractivity contribution in [2.45, 2.75) is 52.0 Å². The Morgan fingerprint density at radius 3 is 2.62 bits per heavy atom. The van der Waals surface area contributed by atoms with Crippen LogP contribution in [0.4, 0.5) is 4.39 Å². The molecule has 0 amide bonds. The number of thiophene rings is 1. The van der Waals surface area contributed by atoms with Crippen molar-refractivity contribution in [2.24, 2.45) is 0 Å². The number of nitrogens with zero attached hydrogens (tertiary/aromatic N) is 2. The van der Waals surface area contributed by atoms with E-state index < -0.39 is 5.69 Å². The van der Waals surface area contributed by atoms with Gasteiger partial charge in [-0.2, -0.15) is 0 Å². The third kappa shape index (κ3) is 3.68. The van der Waals surface area contributed by atoms with Crippen molar-refractivity contribution in [1.29, 1.82) is 0 Å². The molecular formula is C21H23FN2O4S. The molecule has 6 nitrogen and oxygen atoms in total. The van der Waals surface area contributed by atoms with E-state index in [9.17, 15) is 19.1 Å². The van der Waals surface area contributed by atoms with Gasteiger partial charge >= 0.3 is 5.69 Å². The van der Waals surface area contributed by atoms with Crippen molar-refractivity contribution in [1.82, 2.24) is 9.13 Å². The Kier molecular flexibility index (Phi) is 5.18. The Bertz CT molecular complexity index is 1170. The molecule has 0 aliphatic carbocycles. The van der Waals surface area contributed by atoms with Crippen LogP contribution >= 0.6 is 11.3 Å². The highest BCUT2D eigenvalue weighted by molar-refractivity contribution is 7.18. The quantitative estimate of drug-likeness (QED) is 0.691. The summed E-state index contributed by atoms with van der Waals surface area (Å²) in [6.45, 7) is 4.65. The fourth-order valence-electron chi connectivity index (χ4n) is 3.74. The van der Waals surface area contributed by atoms with Crippen LogP contribution < -0.4 is 11.2 Å². The summed E-state index contributed by atoms with van der Waals surface area (Å²) >= 11 is 1.41. The summed E-state index contributed by atoms with van der Waals surface area (Å²) in [6.07, 6.45) is 0.907. The minimum absolute atomic E-state index is 0.107. The smallest absolute Gasteiger partial charge is 0.332 e. The van der Waals surface area contributed by atoms with E-state index in [2.05, 4.69) is 0 Å². The van der Waals surface area contributed by atoms with Crippen LogP contribution in [0, 0.1) is 5.82 Å². The van der Waals surface area contributed by atoms with E-state index in [1.165, 1.54) is 28.0 Å². The normalized spacial score (nSPS) is 15.6. The Hall–Kier alpha value is -2.29. The van der Waals surface area contributed by atoms with Gasteiger partial charge in [0.2, 0.25) is 0 Å². The number of ether oxygens (including phenoxy) is 1. The first-order valence-corrected chi connectivity index (χ1v) is 10.4. The average Bonchev–Trinajstić information content (AvgIpc) is 3.04. The maximum atomic E-state index is 13.3. The minimum Gasteiger partial charge on any atom is -0.396 e. The fraction of sp³-hybridized carbons (Fsp3) is 0.429. The molecular weight excluding hydrogens is 395 g/mol. The zero-order valence-electron chi connectivity index (χ0n) is 16.4. The number of hydrogen-bond donors (Lipinski definition) is 1. The average molecular weight is 418 g/mol. The van der Waals surface area contributed by atoms with Crippen molar-refractivity contribution < 1.29 is 14.2 Å². The fourth-order valence-corrected chi connectivity index (χ4v) is 4.96. The largest absolute Gasteiger partial charge is 0.396 e. The molecule has 3 heterocycles. The van der Waals surface area contributed by atoms with Crippen LogP contribution in [0.2, 0.25) is 0 Å². The summed E-state index contributed by atoms with van der Waals surface area (Å²) in [5.41, 5.74) is 0.589. The summed E-state index contributed by atoms with van der Waals surface area (Å²) in [6, 6.07) is 5.98. The number of halogens is 1. The van der Waals surface area contributed by atoms with Gasteiger partial charge in [0, 0.05) is 24.4 Å². The predicted octanol–water partition coefficient (Wildman–Crippen LogP) is 2.65. The molecule has 3 aromatic rings. The maximum Gasteiger partial charge on any atom is 0.332 e. The van der Waals surface area contributed by atoms with Crippen molar-refractivity contribution in [3.05, 3.63) is 66.9 Å². The zero-order chi connectivity index (χ0) is 20.8. The van der Waals surface area contributed by atoms with Gasteiger partial charge in [-0.15, -0.1) is 11.3 Å². The topological polar surface area (TPSA) is 73.5 Å². The molecule has 4 rings (SSSR count). The summed E-state index contributed by atoms with van der Waals surface area (Å²) < 4.78 is 22.0. The molecule has 0 atom stereocenters. The highest BCUT2D eigenvalue weighted by Gasteiger charge is 2.31. The molecule has 1 aliphatic heterocycles. The second-order valence-electron chi connectivity index (χ2n) is 7.94. The van der Waals surface area contributed by atoms with Crippen LogP contribution in [-0.4, -0.2) is 26.4 Å². The van der Waals surface area contributed by atoms with Gasteiger partial charge in [-0.3, -0.25) is 13.9 Å². The molecule has 1 aromatic carbocycles. The number of aliphatic hydroxyl groups is 1. The molecule has 0 radical (unpaired) electrons. The monoisotopic (exact) mass is 418 g/mol.